The predicted molar refractivity (Wildman–Crippen MR) is 104 cm³/mol. The fraction of sp³-hybridized carbons (Fsp3) is 0.261. The highest BCUT2D eigenvalue weighted by atomic mass is 16.2. The number of para-hydroxylation sites is 1. The lowest BCUT2D eigenvalue weighted by molar-refractivity contribution is -0.129. The summed E-state index contributed by atoms with van der Waals surface area (Å²) < 4.78 is 0. The number of nitrogens with zero attached hydrogens (tertiary/aromatic N) is 2. The Morgan fingerprint density at radius 3 is 2.39 bits per heavy atom. The van der Waals surface area contributed by atoms with Crippen LogP contribution in [-0.4, -0.2) is 34.6 Å². The number of hydrogen-bond acceptors (Lipinski definition) is 4. The zero-order valence-electron chi connectivity index (χ0n) is 15.5. The van der Waals surface area contributed by atoms with Gasteiger partial charge in [0, 0.05) is 12.6 Å². The summed E-state index contributed by atoms with van der Waals surface area (Å²) in [4.78, 5) is 42.5. The van der Waals surface area contributed by atoms with Crippen molar-refractivity contribution < 1.29 is 14.4 Å². The van der Waals surface area contributed by atoms with Crippen LogP contribution >= 0.6 is 0 Å². The lowest BCUT2D eigenvalue weighted by atomic mass is 9.90. The van der Waals surface area contributed by atoms with Gasteiger partial charge in [-0.1, -0.05) is 54.1 Å². The minimum absolute atomic E-state index is 0.0903. The number of rotatable bonds is 3. The summed E-state index contributed by atoms with van der Waals surface area (Å²) in [6.07, 6.45) is 3.35. The summed E-state index contributed by atoms with van der Waals surface area (Å²) in [6.45, 7) is 2.57. The highest BCUT2D eigenvalue weighted by Gasteiger charge is 2.64. The zero-order chi connectivity index (χ0) is 19.4. The van der Waals surface area contributed by atoms with Crippen molar-refractivity contribution in [2.24, 2.45) is 11.8 Å². The minimum atomic E-state index is -0.620. The summed E-state index contributed by atoms with van der Waals surface area (Å²) in [5.41, 5.74) is 2.80. The van der Waals surface area contributed by atoms with E-state index in [1.165, 1.54) is 4.90 Å². The van der Waals surface area contributed by atoms with Crippen LogP contribution in [0.15, 0.2) is 66.7 Å². The molecule has 0 radical (unpaired) electrons. The number of fused-ring (bicyclic) bond motifs is 5. The van der Waals surface area contributed by atoms with E-state index in [0.29, 0.717) is 12.2 Å². The average molecular weight is 372 g/mol. The van der Waals surface area contributed by atoms with Crippen LogP contribution in [0.25, 0.3) is 0 Å². The Morgan fingerprint density at radius 1 is 0.893 bits per heavy atom. The molecule has 2 fully saturated rings. The van der Waals surface area contributed by atoms with Crippen molar-refractivity contribution in [3.63, 3.8) is 0 Å². The maximum Gasteiger partial charge on any atom is 0.239 e. The molecule has 0 saturated carbocycles. The van der Waals surface area contributed by atoms with Gasteiger partial charge in [0.25, 0.3) is 0 Å². The third-order valence-electron chi connectivity index (χ3n) is 6.06. The molecule has 0 aromatic heterocycles. The largest absolute Gasteiger partial charge is 0.293 e. The molecular weight excluding hydrogens is 352 g/mol. The Kier molecular flexibility index (Phi) is 3.81. The molecule has 4 unspecified atom stereocenters. The molecule has 5 heteroatoms. The fourth-order valence-corrected chi connectivity index (χ4v) is 4.92. The molecule has 0 N–H and O–H groups in total. The Labute approximate surface area is 163 Å². The van der Waals surface area contributed by atoms with Crippen LogP contribution in [0.2, 0.25) is 0 Å². The Morgan fingerprint density at radius 2 is 1.64 bits per heavy atom. The maximum atomic E-state index is 13.2. The molecule has 28 heavy (non-hydrogen) atoms. The van der Waals surface area contributed by atoms with Crippen molar-refractivity contribution in [3.05, 3.63) is 77.9 Å². The molecule has 3 heterocycles. The van der Waals surface area contributed by atoms with E-state index in [-0.39, 0.29) is 23.6 Å². The van der Waals surface area contributed by atoms with Crippen molar-refractivity contribution in [2.75, 3.05) is 4.90 Å². The second-order valence-electron chi connectivity index (χ2n) is 7.76. The summed E-state index contributed by atoms with van der Waals surface area (Å²) in [6, 6.07) is 16.3. The molecule has 2 bridgehead atoms. The molecule has 0 spiro atoms. The van der Waals surface area contributed by atoms with Crippen molar-refractivity contribution in [3.8, 4) is 0 Å². The molecule has 2 aromatic carbocycles. The van der Waals surface area contributed by atoms with Crippen LogP contribution < -0.4 is 4.90 Å². The Balaban J connectivity index is 1.52. The SMILES string of the molecule is Cc1cccc(CN2C3C=CC(=O)C2C2C(=O)N(c4ccccc4)C(=O)C23)c1. The molecule has 2 aromatic rings. The van der Waals surface area contributed by atoms with Gasteiger partial charge in [0.15, 0.2) is 5.78 Å². The molecule has 5 rings (SSSR count). The summed E-state index contributed by atoms with van der Waals surface area (Å²) in [5.74, 6) is -1.69. The molecule has 0 aliphatic carbocycles. The number of imide groups is 1. The van der Waals surface area contributed by atoms with Crippen LogP contribution in [0, 0.1) is 18.8 Å². The number of ketones is 1. The molecular formula is C23H20N2O3. The van der Waals surface area contributed by atoms with Crippen molar-refractivity contribution in [1.29, 1.82) is 0 Å². The van der Waals surface area contributed by atoms with Crippen molar-refractivity contribution in [1.82, 2.24) is 4.90 Å². The number of carbonyl (C=O) groups is 3. The number of carbonyl (C=O) groups excluding carboxylic acids is 3. The van der Waals surface area contributed by atoms with Crippen LogP contribution in [-0.2, 0) is 20.9 Å². The average Bonchev–Trinajstić information content (AvgIpc) is 3.06. The minimum Gasteiger partial charge on any atom is -0.293 e. The molecule has 4 atom stereocenters. The zero-order valence-corrected chi connectivity index (χ0v) is 15.5. The van der Waals surface area contributed by atoms with Crippen molar-refractivity contribution in [2.45, 2.75) is 25.6 Å². The van der Waals surface area contributed by atoms with Gasteiger partial charge in [0.05, 0.1) is 23.6 Å². The number of benzene rings is 2. The highest BCUT2D eigenvalue weighted by molar-refractivity contribution is 6.24. The van der Waals surface area contributed by atoms with Crippen LogP contribution in [0.5, 0.6) is 0 Å². The van der Waals surface area contributed by atoms with E-state index < -0.39 is 17.9 Å². The Bertz CT molecular complexity index is 1010. The number of hydrogen-bond donors (Lipinski definition) is 0. The lowest BCUT2D eigenvalue weighted by Gasteiger charge is -2.33. The first kappa shape index (κ1) is 17.1. The van der Waals surface area contributed by atoms with E-state index in [2.05, 4.69) is 6.07 Å². The van der Waals surface area contributed by atoms with E-state index in [4.69, 9.17) is 0 Å². The monoisotopic (exact) mass is 372 g/mol. The summed E-state index contributed by atoms with van der Waals surface area (Å²) in [7, 11) is 0. The quantitative estimate of drug-likeness (QED) is 0.777. The standard InChI is InChI=1S/C23H20N2O3/c1-14-6-5-7-15(12-14)13-24-17-10-11-18(26)21(24)20-19(17)22(27)25(23(20)28)16-8-3-2-4-9-16/h2-12,17,19-21H,13H2,1H3. The van der Waals surface area contributed by atoms with E-state index in [1.54, 1.807) is 36.4 Å². The second kappa shape index (κ2) is 6.24. The first-order chi connectivity index (χ1) is 13.6. The van der Waals surface area contributed by atoms with Gasteiger partial charge in [0.1, 0.15) is 0 Å². The van der Waals surface area contributed by atoms with Gasteiger partial charge in [-0.25, -0.2) is 4.90 Å². The number of aryl methyl sites for hydroxylation is 1. The topological polar surface area (TPSA) is 57.7 Å². The van der Waals surface area contributed by atoms with Gasteiger partial charge in [-0.2, -0.15) is 0 Å². The van der Waals surface area contributed by atoms with E-state index in [1.807, 2.05) is 36.1 Å². The van der Waals surface area contributed by atoms with E-state index in [9.17, 15) is 14.4 Å². The van der Waals surface area contributed by atoms with Gasteiger partial charge < -0.3 is 0 Å². The normalized spacial score (nSPS) is 28.9. The third kappa shape index (κ3) is 2.39. The van der Waals surface area contributed by atoms with Gasteiger partial charge in [-0.3, -0.25) is 19.3 Å². The molecule has 140 valence electrons. The molecule has 3 aliphatic rings. The van der Waals surface area contributed by atoms with Crippen LogP contribution in [0.4, 0.5) is 5.69 Å². The fourth-order valence-electron chi connectivity index (χ4n) is 4.92. The number of amides is 2. The summed E-state index contributed by atoms with van der Waals surface area (Å²) >= 11 is 0. The van der Waals surface area contributed by atoms with Crippen LogP contribution in [0.1, 0.15) is 11.1 Å². The van der Waals surface area contributed by atoms with Crippen LogP contribution in [0.3, 0.4) is 0 Å². The maximum absolute atomic E-state index is 13.2. The smallest absolute Gasteiger partial charge is 0.239 e. The van der Waals surface area contributed by atoms with E-state index in [0.717, 1.165) is 11.1 Å². The van der Waals surface area contributed by atoms with Gasteiger partial charge >= 0.3 is 0 Å². The van der Waals surface area contributed by atoms with Gasteiger partial charge in [-0.05, 0) is 30.7 Å². The summed E-state index contributed by atoms with van der Waals surface area (Å²) in [5, 5.41) is 0. The first-order valence-corrected chi connectivity index (χ1v) is 9.52. The Hall–Kier alpha value is -3.05. The van der Waals surface area contributed by atoms with Gasteiger partial charge in [-0.15, -0.1) is 0 Å². The lowest BCUT2D eigenvalue weighted by Crippen LogP contribution is -2.48. The molecule has 3 aliphatic heterocycles. The molecule has 2 amide bonds. The van der Waals surface area contributed by atoms with E-state index >= 15 is 0 Å². The van der Waals surface area contributed by atoms with Crippen molar-refractivity contribution >= 4 is 23.3 Å². The highest BCUT2D eigenvalue weighted by Crippen LogP contribution is 2.47. The third-order valence-corrected chi connectivity index (χ3v) is 6.06. The molecule has 2 saturated heterocycles. The van der Waals surface area contributed by atoms with Gasteiger partial charge in [0.2, 0.25) is 11.8 Å². The first-order valence-electron chi connectivity index (χ1n) is 9.52. The molecule has 5 nitrogen and oxygen atoms in total. The predicted octanol–water partition coefficient (Wildman–Crippen LogP) is 2.49. The second-order valence-corrected chi connectivity index (χ2v) is 7.76. The number of anilines is 1.